The van der Waals surface area contributed by atoms with Gasteiger partial charge in [0.1, 0.15) is 0 Å². The third kappa shape index (κ3) is 5.91. The second kappa shape index (κ2) is 7.64. The van der Waals surface area contributed by atoms with Gasteiger partial charge in [0.2, 0.25) is 10.0 Å². The minimum absolute atomic E-state index is 0.0308. The first-order valence-electron chi connectivity index (χ1n) is 6.76. The van der Waals surface area contributed by atoms with Crippen LogP contribution in [0.15, 0.2) is 59.5 Å². The van der Waals surface area contributed by atoms with E-state index in [0.717, 1.165) is 16.2 Å². The van der Waals surface area contributed by atoms with Gasteiger partial charge in [-0.25, -0.2) is 13.1 Å². The molecule has 2 rings (SSSR count). The number of hydrogen-bond donors (Lipinski definition) is 1. The summed E-state index contributed by atoms with van der Waals surface area (Å²) in [5.41, 5.74) is 2.03. The third-order valence-electron chi connectivity index (χ3n) is 2.91. The fraction of sp³-hybridized carbons (Fsp3) is 0.250. The number of hydrogen-bond acceptors (Lipinski definition) is 3. The number of nitrogens with one attached hydrogen (secondary N) is 1. The van der Waals surface area contributed by atoms with Crippen molar-refractivity contribution in [2.75, 3.05) is 12.3 Å². The van der Waals surface area contributed by atoms with E-state index in [1.54, 1.807) is 11.8 Å². The van der Waals surface area contributed by atoms with E-state index in [2.05, 4.69) is 29.0 Å². The van der Waals surface area contributed by atoms with Crippen LogP contribution in [0.2, 0.25) is 0 Å². The van der Waals surface area contributed by atoms with Crippen molar-refractivity contribution in [1.82, 2.24) is 4.72 Å². The molecule has 0 saturated heterocycles. The van der Waals surface area contributed by atoms with Gasteiger partial charge in [0.15, 0.2) is 0 Å². The molecule has 0 heterocycles. The van der Waals surface area contributed by atoms with E-state index in [1.807, 2.05) is 37.3 Å². The van der Waals surface area contributed by atoms with Crippen LogP contribution in [0.4, 0.5) is 0 Å². The fourth-order valence-corrected chi connectivity index (χ4v) is 3.89. The molecule has 0 aliphatic rings. The topological polar surface area (TPSA) is 46.2 Å². The lowest BCUT2D eigenvalue weighted by molar-refractivity contribution is 0.583. The van der Waals surface area contributed by atoms with Crippen LogP contribution in [0.3, 0.4) is 0 Å². The Bertz CT molecular complexity index is 652. The van der Waals surface area contributed by atoms with E-state index in [1.165, 1.54) is 5.56 Å². The van der Waals surface area contributed by atoms with Crippen LogP contribution in [0, 0.1) is 6.92 Å². The maximum atomic E-state index is 11.9. The molecule has 0 amide bonds. The molecule has 0 saturated carbocycles. The summed E-state index contributed by atoms with van der Waals surface area (Å²) in [7, 11) is -3.26. The van der Waals surface area contributed by atoms with Crippen molar-refractivity contribution in [3.63, 3.8) is 0 Å². The number of aryl methyl sites for hydroxylation is 1. The minimum Gasteiger partial charge on any atom is -0.214 e. The third-order valence-corrected chi connectivity index (χ3v) is 5.28. The highest BCUT2D eigenvalue weighted by Gasteiger charge is 2.10. The van der Waals surface area contributed by atoms with E-state index in [4.69, 9.17) is 0 Å². The van der Waals surface area contributed by atoms with Gasteiger partial charge in [-0.3, -0.25) is 0 Å². The Balaban J connectivity index is 1.76. The van der Waals surface area contributed by atoms with Crippen LogP contribution in [0.25, 0.3) is 0 Å². The summed E-state index contributed by atoms with van der Waals surface area (Å²) in [6.45, 7) is 2.49. The summed E-state index contributed by atoms with van der Waals surface area (Å²) in [6, 6.07) is 17.4. The van der Waals surface area contributed by atoms with Crippen molar-refractivity contribution in [3.05, 3.63) is 65.7 Å². The molecule has 0 aliphatic carbocycles. The molecule has 0 radical (unpaired) electrons. The van der Waals surface area contributed by atoms with Gasteiger partial charge in [-0.2, -0.15) is 0 Å². The number of benzene rings is 2. The van der Waals surface area contributed by atoms with Gasteiger partial charge in [-0.05, 0) is 24.6 Å². The van der Waals surface area contributed by atoms with Gasteiger partial charge < -0.3 is 0 Å². The zero-order valence-corrected chi connectivity index (χ0v) is 13.6. The van der Waals surface area contributed by atoms with E-state index in [-0.39, 0.29) is 5.75 Å². The summed E-state index contributed by atoms with van der Waals surface area (Å²) < 4.78 is 26.5. The Morgan fingerprint density at radius 3 is 2.33 bits per heavy atom. The number of thioether (sulfide) groups is 1. The molecule has 0 aliphatic heterocycles. The van der Waals surface area contributed by atoms with Gasteiger partial charge >= 0.3 is 0 Å². The van der Waals surface area contributed by atoms with Crippen LogP contribution in [0.5, 0.6) is 0 Å². The molecule has 3 nitrogen and oxygen atoms in total. The maximum absolute atomic E-state index is 11.9. The van der Waals surface area contributed by atoms with Crippen LogP contribution in [0.1, 0.15) is 11.1 Å². The van der Waals surface area contributed by atoms with Gasteiger partial charge in [0.25, 0.3) is 0 Å². The van der Waals surface area contributed by atoms with Gasteiger partial charge in [-0.15, -0.1) is 11.8 Å². The van der Waals surface area contributed by atoms with Crippen molar-refractivity contribution >= 4 is 21.8 Å². The van der Waals surface area contributed by atoms with Crippen LogP contribution in [-0.2, 0) is 15.8 Å². The van der Waals surface area contributed by atoms with Gasteiger partial charge in [-0.1, -0.05) is 48.0 Å². The summed E-state index contributed by atoms with van der Waals surface area (Å²) in [4.78, 5) is 1.16. The number of rotatable bonds is 7. The lowest BCUT2D eigenvalue weighted by Crippen LogP contribution is -2.27. The predicted octanol–water partition coefficient (Wildman–Crippen LogP) is 3.21. The Kier molecular flexibility index (Phi) is 5.85. The Morgan fingerprint density at radius 2 is 1.67 bits per heavy atom. The molecule has 1 N–H and O–H groups in total. The van der Waals surface area contributed by atoms with Gasteiger partial charge in [0.05, 0.1) is 5.75 Å². The van der Waals surface area contributed by atoms with Crippen LogP contribution in [-0.4, -0.2) is 20.7 Å². The zero-order chi connectivity index (χ0) is 15.1. The van der Waals surface area contributed by atoms with E-state index >= 15 is 0 Å². The SMILES string of the molecule is Cc1ccc(SCCNS(=O)(=O)Cc2ccccc2)cc1. The van der Waals surface area contributed by atoms with Crippen molar-refractivity contribution < 1.29 is 8.42 Å². The number of sulfonamides is 1. The minimum atomic E-state index is -3.26. The predicted molar refractivity (Wildman–Crippen MR) is 89.0 cm³/mol. The Labute approximate surface area is 130 Å². The molecular formula is C16H19NO2S2. The molecule has 0 fully saturated rings. The van der Waals surface area contributed by atoms with Crippen molar-refractivity contribution in [3.8, 4) is 0 Å². The molecule has 0 unspecified atom stereocenters. The average molecular weight is 321 g/mol. The van der Waals surface area contributed by atoms with Crippen LogP contribution < -0.4 is 4.72 Å². The van der Waals surface area contributed by atoms with Crippen molar-refractivity contribution in [2.24, 2.45) is 0 Å². The molecular weight excluding hydrogens is 302 g/mol. The molecule has 5 heteroatoms. The Hall–Kier alpha value is -1.30. The summed E-state index contributed by atoms with van der Waals surface area (Å²) in [5, 5.41) is 0. The first kappa shape index (κ1) is 16.1. The smallest absolute Gasteiger partial charge is 0.214 e. The standard InChI is InChI=1S/C16H19NO2S2/c1-14-7-9-16(10-8-14)20-12-11-17-21(18,19)13-15-5-3-2-4-6-15/h2-10,17H,11-13H2,1H3. The first-order chi connectivity index (χ1) is 10.1. The lowest BCUT2D eigenvalue weighted by atomic mass is 10.2. The highest BCUT2D eigenvalue weighted by Crippen LogP contribution is 2.17. The average Bonchev–Trinajstić information content (AvgIpc) is 2.46. The highest BCUT2D eigenvalue weighted by molar-refractivity contribution is 7.99. The molecule has 0 aromatic heterocycles. The quantitative estimate of drug-likeness (QED) is 0.629. The molecule has 0 atom stereocenters. The second-order valence-corrected chi connectivity index (χ2v) is 7.78. The highest BCUT2D eigenvalue weighted by atomic mass is 32.2. The molecule has 21 heavy (non-hydrogen) atoms. The monoisotopic (exact) mass is 321 g/mol. The van der Waals surface area contributed by atoms with E-state index in [9.17, 15) is 8.42 Å². The molecule has 2 aromatic carbocycles. The normalized spacial score (nSPS) is 11.5. The fourth-order valence-electron chi connectivity index (χ4n) is 1.85. The maximum Gasteiger partial charge on any atom is 0.215 e. The molecule has 112 valence electrons. The molecule has 2 aromatic rings. The van der Waals surface area contributed by atoms with E-state index < -0.39 is 10.0 Å². The largest absolute Gasteiger partial charge is 0.215 e. The summed E-state index contributed by atoms with van der Waals surface area (Å²) in [6.07, 6.45) is 0. The second-order valence-electron chi connectivity index (χ2n) is 4.80. The lowest BCUT2D eigenvalue weighted by Gasteiger charge is -2.07. The van der Waals surface area contributed by atoms with Crippen molar-refractivity contribution in [1.29, 1.82) is 0 Å². The Morgan fingerprint density at radius 1 is 1.00 bits per heavy atom. The van der Waals surface area contributed by atoms with Gasteiger partial charge in [0, 0.05) is 17.2 Å². The van der Waals surface area contributed by atoms with E-state index in [0.29, 0.717) is 6.54 Å². The van der Waals surface area contributed by atoms with Crippen LogP contribution >= 0.6 is 11.8 Å². The summed E-state index contributed by atoms with van der Waals surface area (Å²) in [5.74, 6) is 0.750. The molecule has 0 spiro atoms. The zero-order valence-electron chi connectivity index (χ0n) is 12.0. The van der Waals surface area contributed by atoms with Crippen molar-refractivity contribution in [2.45, 2.75) is 17.6 Å². The summed E-state index contributed by atoms with van der Waals surface area (Å²) >= 11 is 1.65. The molecule has 0 bridgehead atoms. The first-order valence-corrected chi connectivity index (χ1v) is 9.40.